The molecule has 0 bridgehead atoms. The Balaban J connectivity index is 0.00000324. The Hall–Kier alpha value is -1.90. The summed E-state index contributed by atoms with van der Waals surface area (Å²) >= 11 is 0. The first-order chi connectivity index (χ1) is 15.7. The van der Waals surface area contributed by atoms with Crippen LogP contribution in [-0.2, 0) is 9.59 Å². The van der Waals surface area contributed by atoms with Crippen molar-refractivity contribution < 1.29 is 76.1 Å². The highest BCUT2D eigenvalue weighted by Crippen LogP contribution is 2.31. The number of carbonyl (C=O) groups excluding carboxylic acids is 4. The van der Waals surface area contributed by atoms with E-state index in [1.807, 2.05) is 42.3 Å². The molecule has 2 N–H and O–H groups in total. The lowest BCUT2D eigenvalue weighted by molar-refractivity contribution is -0.869. The van der Waals surface area contributed by atoms with Crippen molar-refractivity contribution in [2.75, 3.05) is 66.0 Å². The summed E-state index contributed by atoms with van der Waals surface area (Å²) in [5.74, 6) is -0.867. The fraction of sp³-hybridized carbons (Fsp3) is 0.385. The maximum Gasteiger partial charge on any atom is 0.230 e. The molecule has 36 heavy (non-hydrogen) atoms. The number of nitrogens with one attached hydrogen (secondary N) is 2. The molecule has 0 heterocycles. The molecular formula is C26H34I2N4O4. The average molecular weight is 720 g/mol. The number of quaternary nitrogens is 2. The molecule has 10 heteroatoms. The van der Waals surface area contributed by atoms with Crippen LogP contribution < -0.4 is 58.6 Å². The maximum atomic E-state index is 13.3. The predicted octanol–water partition coefficient (Wildman–Crippen LogP) is -3.46. The van der Waals surface area contributed by atoms with E-state index < -0.39 is 0 Å². The van der Waals surface area contributed by atoms with Gasteiger partial charge in [0, 0.05) is 33.6 Å². The molecule has 3 rings (SSSR count). The van der Waals surface area contributed by atoms with Gasteiger partial charge in [0.25, 0.3) is 0 Å². The zero-order valence-corrected chi connectivity index (χ0v) is 25.9. The molecule has 0 unspecified atom stereocenters. The second-order valence-corrected chi connectivity index (χ2v) is 10.8. The first kappa shape index (κ1) is 32.1. The monoisotopic (exact) mass is 720 g/mol. The summed E-state index contributed by atoms with van der Waals surface area (Å²) < 4.78 is 1.32. The van der Waals surface area contributed by atoms with E-state index in [9.17, 15) is 19.2 Å². The molecule has 0 aromatic heterocycles. The largest absolute Gasteiger partial charge is 1.00 e. The van der Waals surface area contributed by atoms with Gasteiger partial charge >= 0.3 is 0 Å². The van der Waals surface area contributed by atoms with Crippen molar-refractivity contribution in [2.45, 2.75) is 12.8 Å². The lowest BCUT2D eigenvalue weighted by Crippen LogP contribution is -3.00. The molecule has 2 amide bonds. The van der Waals surface area contributed by atoms with Crippen molar-refractivity contribution in [3.05, 3.63) is 58.7 Å². The van der Waals surface area contributed by atoms with Crippen LogP contribution in [0.25, 0.3) is 0 Å². The van der Waals surface area contributed by atoms with Gasteiger partial charge in [-0.05, 0) is 36.4 Å². The molecule has 2 aromatic rings. The standard InChI is InChI=1S/C26H32N4O4.2HI/c1-29(2,3)13-11-23(31)27-17-7-9-19-21(15-17)26(34)22-16-18(8-10-20(22)25(19)33)28-24(32)12-14-30(4,5)6;;/h7-10,15-16H,11-14H2,1-6H3;2*1H. The van der Waals surface area contributed by atoms with Gasteiger partial charge in [-0.3, -0.25) is 19.2 Å². The zero-order valence-electron chi connectivity index (χ0n) is 21.6. The summed E-state index contributed by atoms with van der Waals surface area (Å²) in [6.07, 6.45) is 0.681. The molecule has 1 aliphatic carbocycles. The Morgan fingerprint density at radius 1 is 0.611 bits per heavy atom. The molecule has 0 saturated carbocycles. The quantitative estimate of drug-likeness (QED) is 0.187. The minimum Gasteiger partial charge on any atom is -1.00 e. The van der Waals surface area contributed by atoms with Gasteiger partial charge in [-0.1, -0.05) is 0 Å². The molecular weight excluding hydrogens is 686 g/mol. The lowest BCUT2D eigenvalue weighted by Gasteiger charge is -2.23. The van der Waals surface area contributed by atoms with Gasteiger partial charge in [0.1, 0.15) is 0 Å². The number of amides is 2. The normalized spacial score (nSPS) is 12.5. The third-order valence-corrected chi connectivity index (χ3v) is 5.60. The Bertz CT molecular complexity index is 1080. The van der Waals surface area contributed by atoms with Gasteiger partial charge < -0.3 is 67.6 Å². The van der Waals surface area contributed by atoms with Crippen LogP contribution in [0.4, 0.5) is 11.4 Å². The van der Waals surface area contributed by atoms with E-state index in [-0.39, 0.29) is 82.5 Å². The topological polar surface area (TPSA) is 92.3 Å². The number of fused-ring (bicyclic) bond motifs is 2. The zero-order chi connectivity index (χ0) is 25.3. The van der Waals surface area contributed by atoms with Crippen LogP contribution in [0.3, 0.4) is 0 Å². The van der Waals surface area contributed by atoms with Gasteiger partial charge in [-0.2, -0.15) is 0 Å². The van der Waals surface area contributed by atoms with Crippen molar-refractivity contribution in [3.63, 3.8) is 0 Å². The summed E-state index contributed by atoms with van der Waals surface area (Å²) in [4.78, 5) is 50.9. The molecule has 0 spiro atoms. The van der Waals surface area contributed by atoms with Crippen LogP contribution >= 0.6 is 0 Å². The third-order valence-electron chi connectivity index (χ3n) is 5.60. The Kier molecular flexibility index (Phi) is 11.2. The molecule has 0 atom stereocenters. The molecule has 1 aliphatic rings. The Labute approximate surface area is 247 Å². The summed E-state index contributed by atoms with van der Waals surface area (Å²) in [5.41, 5.74) is 2.05. The van der Waals surface area contributed by atoms with E-state index in [0.717, 1.165) is 0 Å². The van der Waals surface area contributed by atoms with E-state index in [0.29, 0.717) is 57.4 Å². The predicted molar refractivity (Wildman–Crippen MR) is 132 cm³/mol. The van der Waals surface area contributed by atoms with Crippen molar-refractivity contribution >= 4 is 34.8 Å². The van der Waals surface area contributed by atoms with Gasteiger partial charge in [-0.15, -0.1) is 0 Å². The number of benzene rings is 2. The van der Waals surface area contributed by atoms with E-state index in [2.05, 4.69) is 10.6 Å². The van der Waals surface area contributed by atoms with Crippen LogP contribution in [0.1, 0.15) is 44.7 Å². The maximum absolute atomic E-state index is 13.3. The number of rotatable bonds is 8. The van der Waals surface area contributed by atoms with Gasteiger partial charge in [-0.25, -0.2) is 0 Å². The summed E-state index contributed by atoms with van der Waals surface area (Å²) in [5, 5.41) is 5.63. The number of anilines is 2. The molecule has 0 fully saturated rings. The van der Waals surface area contributed by atoms with E-state index in [1.165, 1.54) is 0 Å². The fourth-order valence-electron chi connectivity index (χ4n) is 3.63. The molecule has 0 radical (unpaired) electrons. The van der Waals surface area contributed by atoms with E-state index >= 15 is 0 Å². The first-order valence-electron chi connectivity index (χ1n) is 11.3. The van der Waals surface area contributed by atoms with Crippen LogP contribution in [0, 0.1) is 0 Å². The molecule has 8 nitrogen and oxygen atoms in total. The van der Waals surface area contributed by atoms with Gasteiger partial charge in [0.15, 0.2) is 11.6 Å². The highest BCUT2D eigenvalue weighted by Gasteiger charge is 2.30. The van der Waals surface area contributed by atoms with Gasteiger partial charge in [0.2, 0.25) is 11.8 Å². The van der Waals surface area contributed by atoms with Crippen molar-refractivity contribution in [2.24, 2.45) is 0 Å². The van der Waals surface area contributed by atoms with Crippen molar-refractivity contribution in [1.82, 2.24) is 0 Å². The van der Waals surface area contributed by atoms with Crippen LogP contribution in [0.5, 0.6) is 0 Å². The summed E-state index contributed by atoms with van der Waals surface area (Å²) in [7, 11) is 12.0. The molecule has 2 aromatic carbocycles. The first-order valence-corrected chi connectivity index (χ1v) is 11.3. The highest BCUT2D eigenvalue weighted by molar-refractivity contribution is 6.29. The molecule has 0 saturated heterocycles. The second-order valence-electron chi connectivity index (χ2n) is 10.8. The van der Waals surface area contributed by atoms with Gasteiger partial charge in [0.05, 0.1) is 68.2 Å². The van der Waals surface area contributed by atoms with Crippen molar-refractivity contribution in [1.29, 1.82) is 0 Å². The summed E-state index contributed by atoms with van der Waals surface area (Å²) in [6, 6.07) is 9.54. The number of hydrogen-bond donors (Lipinski definition) is 2. The number of carbonyl (C=O) groups is 4. The number of nitrogens with zero attached hydrogens (tertiary/aromatic N) is 2. The average Bonchev–Trinajstić information content (AvgIpc) is 2.73. The number of halogens is 2. The fourth-order valence-corrected chi connectivity index (χ4v) is 3.63. The highest BCUT2D eigenvalue weighted by atomic mass is 127. The number of ketones is 2. The third kappa shape index (κ3) is 8.60. The van der Waals surface area contributed by atoms with Crippen LogP contribution in [0.2, 0.25) is 0 Å². The second kappa shape index (κ2) is 12.6. The van der Waals surface area contributed by atoms with Crippen molar-refractivity contribution in [3.8, 4) is 0 Å². The molecule has 196 valence electrons. The Morgan fingerprint density at radius 2 is 0.944 bits per heavy atom. The lowest BCUT2D eigenvalue weighted by atomic mass is 9.83. The van der Waals surface area contributed by atoms with Crippen LogP contribution in [-0.4, -0.2) is 87.7 Å². The smallest absolute Gasteiger partial charge is 0.230 e. The summed E-state index contributed by atoms with van der Waals surface area (Å²) in [6.45, 7) is 1.34. The number of hydrogen-bond acceptors (Lipinski definition) is 4. The minimum atomic E-state index is -0.311. The SMILES string of the molecule is C[N+](C)(C)CCC(=O)Nc1ccc2c(c1)C(=O)c1cc(NC(=O)CC[N+](C)(C)C)ccc1C2=O.[I-].[I-]. The van der Waals surface area contributed by atoms with Crippen LogP contribution in [0.15, 0.2) is 36.4 Å². The van der Waals surface area contributed by atoms with E-state index in [4.69, 9.17) is 0 Å². The molecule has 0 aliphatic heterocycles. The Morgan fingerprint density at radius 3 is 1.28 bits per heavy atom. The van der Waals surface area contributed by atoms with E-state index in [1.54, 1.807) is 36.4 Å². The minimum absolute atomic E-state index is 0.